The lowest BCUT2D eigenvalue weighted by Crippen LogP contribution is -2.38. The molecule has 1 heterocycles. The third-order valence-corrected chi connectivity index (χ3v) is 4.82. The fraction of sp³-hybridized carbons (Fsp3) is 0.667. The molecule has 1 atom stereocenters. The summed E-state index contributed by atoms with van der Waals surface area (Å²) in [5.74, 6) is 0.953. The van der Waals surface area contributed by atoms with E-state index in [0.29, 0.717) is 0 Å². The molecule has 0 aromatic heterocycles. The number of piperidine rings is 1. The molecule has 1 fully saturated rings. The normalized spacial score (nSPS) is 19.2. The van der Waals surface area contributed by atoms with Gasteiger partial charge in [-0.05, 0) is 62.4 Å². The number of nitrogens with two attached hydrogens (primary N) is 1. The molecule has 2 nitrogen and oxygen atoms in total. The molecule has 1 aliphatic rings. The van der Waals surface area contributed by atoms with Crippen molar-refractivity contribution in [2.45, 2.75) is 52.5 Å². The molecule has 1 aromatic rings. The Morgan fingerprint density at radius 2 is 1.90 bits per heavy atom. The molecule has 0 bridgehead atoms. The van der Waals surface area contributed by atoms with Crippen LogP contribution in [0.5, 0.6) is 0 Å². The van der Waals surface area contributed by atoms with Gasteiger partial charge in [-0.15, -0.1) is 0 Å². The quantitative estimate of drug-likeness (QED) is 0.884. The summed E-state index contributed by atoms with van der Waals surface area (Å²) >= 11 is 0. The minimum Gasteiger partial charge on any atom is -0.323 e. The number of nitrogens with zero attached hydrogens (tertiary/aromatic N) is 1. The zero-order valence-electron chi connectivity index (χ0n) is 13.4. The van der Waals surface area contributed by atoms with Gasteiger partial charge in [0, 0.05) is 12.6 Å². The third-order valence-electron chi connectivity index (χ3n) is 4.82. The van der Waals surface area contributed by atoms with Crippen LogP contribution in [-0.2, 0) is 0 Å². The van der Waals surface area contributed by atoms with Crippen LogP contribution in [0.4, 0.5) is 0 Å². The molecule has 1 aliphatic heterocycles. The summed E-state index contributed by atoms with van der Waals surface area (Å²) in [4.78, 5) is 2.55. The maximum Gasteiger partial charge on any atom is 0.0424 e. The molecular formula is C18H30N2. The first-order valence-corrected chi connectivity index (χ1v) is 8.15. The number of likely N-dealkylation sites (tertiary alicyclic amines) is 1. The van der Waals surface area contributed by atoms with Crippen LogP contribution in [0.25, 0.3) is 0 Å². The van der Waals surface area contributed by atoms with E-state index in [-0.39, 0.29) is 6.04 Å². The van der Waals surface area contributed by atoms with Gasteiger partial charge in [-0.2, -0.15) is 0 Å². The third kappa shape index (κ3) is 4.07. The summed E-state index contributed by atoms with van der Waals surface area (Å²) in [6.07, 6.45) is 5.44. The first kappa shape index (κ1) is 15.5. The fourth-order valence-corrected chi connectivity index (χ4v) is 3.24. The van der Waals surface area contributed by atoms with Crippen molar-refractivity contribution >= 4 is 0 Å². The maximum atomic E-state index is 6.40. The van der Waals surface area contributed by atoms with Gasteiger partial charge in [-0.25, -0.2) is 0 Å². The van der Waals surface area contributed by atoms with Gasteiger partial charge in [-0.1, -0.05) is 38.0 Å². The predicted octanol–water partition coefficient (Wildman–Crippen LogP) is 3.82. The van der Waals surface area contributed by atoms with Crippen molar-refractivity contribution in [2.75, 3.05) is 19.6 Å². The summed E-state index contributed by atoms with van der Waals surface area (Å²) in [7, 11) is 0. The summed E-state index contributed by atoms with van der Waals surface area (Å²) in [5.41, 5.74) is 10.4. The van der Waals surface area contributed by atoms with E-state index in [1.165, 1.54) is 55.5 Å². The van der Waals surface area contributed by atoms with Crippen LogP contribution in [0.1, 0.15) is 55.3 Å². The minimum atomic E-state index is 0.150. The highest BCUT2D eigenvalue weighted by Crippen LogP contribution is 2.23. The summed E-state index contributed by atoms with van der Waals surface area (Å²) in [6, 6.07) is 6.79. The van der Waals surface area contributed by atoms with E-state index in [9.17, 15) is 0 Å². The Hall–Kier alpha value is -0.860. The lowest BCUT2D eigenvalue weighted by molar-refractivity contribution is 0.170. The average Bonchev–Trinajstić information content (AvgIpc) is 2.44. The minimum absolute atomic E-state index is 0.150. The molecule has 112 valence electrons. The largest absolute Gasteiger partial charge is 0.323 e. The Morgan fingerprint density at radius 3 is 2.50 bits per heavy atom. The van der Waals surface area contributed by atoms with E-state index in [4.69, 9.17) is 5.73 Å². The zero-order chi connectivity index (χ0) is 14.5. The second kappa shape index (κ2) is 7.24. The van der Waals surface area contributed by atoms with Gasteiger partial charge in [0.2, 0.25) is 0 Å². The van der Waals surface area contributed by atoms with Crippen molar-refractivity contribution in [3.05, 3.63) is 34.9 Å². The zero-order valence-corrected chi connectivity index (χ0v) is 13.4. The Morgan fingerprint density at radius 1 is 1.20 bits per heavy atom. The monoisotopic (exact) mass is 274 g/mol. The second-order valence-electron chi connectivity index (χ2n) is 6.48. The van der Waals surface area contributed by atoms with Crippen molar-refractivity contribution in [2.24, 2.45) is 11.7 Å². The Labute approximate surface area is 124 Å². The van der Waals surface area contributed by atoms with E-state index in [2.05, 4.69) is 43.9 Å². The van der Waals surface area contributed by atoms with Crippen molar-refractivity contribution in [3.8, 4) is 0 Å². The summed E-state index contributed by atoms with van der Waals surface area (Å²) in [6.45, 7) is 10.1. The van der Waals surface area contributed by atoms with Gasteiger partial charge in [-0.3, -0.25) is 0 Å². The smallest absolute Gasteiger partial charge is 0.0424 e. The van der Waals surface area contributed by atoms with E-state index in [1.54, 1.807) is 0 Å². The first-order valence-electron chi connectivity index (χ1n) is 8.15. The number of rotatable bonds is 5. The van der Waals surface area contributed by atoms with Crippen LogP contribution in [0.3, 0.4) is 0 Å². The van der Waals surface area contributed by atoms with Gasteiger partial charge in [0.1, 0.15) is 0 Å². The molecule has 1 unspecified atom stereocenters. The van der Waals surface area contributed by atoms with Gasteiger partial charge in [0.05, 0.1) is 0 Å². The molecule has 2 N–H and O–H groups in total. The Kier molecular flexibility index (Phi) is 5.62. The second-order valence-corrected chi connectivity index (χ2v) is 6.48. The molecular weight excluding hydrogens is 244 g/mol. The SMILES string of the molecule is CCCC1CCN(CC(N)c2ccc(C)c(C)c2)CC1. The van der Waals surface area contributed by atoms with Crippen LogP contribution < -0.4 is 5.73 Å². The number of benzene rings is 1. The van der Waals surface area contributed by atoms with E-state index in [1.807, 2.05) is 0 Å². The van der Waals surface area contributed by atoms with Crippen molar-refractivity contribution in [1.29, 1.82) is 0 Å². The highest BCUT2D eigenvalue weighted by atomic mass is 15.1. The van der Waals surface area contributed by atoms with Crippen molar-refractivity contribution in [3.63, 3.8) is 0 Å². The lowest BCUT2D eigenvalue weighted by Gasteiger charge is -2.33. The van der Waals surface area contributed by atoms with E-state index >= 15 is 0 Å². The Bertz CT molecular complexity index is 419. The molecule has 2 rings (SSSR count). The van der Waals surface area contributed by atoms with Crippen molar-refractivity contribution < 1.29 is 0 Å². The van der Waals surface area contributed by atoms with Crippen LogP contribution >= 0.6 is 0 Å². The number of aryl methyl sites for hydroxylation is 2. The topological polar surface area (TPSA) is 29.3 Å². The molecule has 0 radical (unpaired) electrons. The van der Waals surface area contributed by atoms with Crippen LogP contribution in [-0.4, -0.2) is 24.5 Å². The highest BCUT2D eigenvalue weighted by Gasteiger charge is 2.20. The van der Waals surface area contributed by atoms with E-state index < -0.39 is 0 Å². The fourth-order valence-electron chi connectivity index (χ4n) is 3.24. The van der Waals surface area contributed by atoms with Gasteiger partial charge < -0.3 is 10.6 Å². The molecule has 1 aromatic carbocycles. The van der Waals surface area contributed by atoms with E-state index in [0.717, 1.165) is 12.5 Å². The molecule has 0 saturated carbocycles. The first-order chi connectivity index (χ1) is 9.60. The van der Waals surface area contributed by atoms with Gasteiger partial charge in [0.15, 0.2) is 0 Å². The van der Waals surface area contributed by atoms with Crippen LogP contribution in [0, 0.1) is 19.8 Å². The molecule has 20 heavy (non-hydrogen) atoms. The van der Waals surface area contributed by atoms with Crippen LogP contribution in [0.2, 0.25) is 0 Å². The highest BCUT2D eigenvalue weighted by molar-refractivity contribution is 5.31. The molecule has 0 amide bonds. The van der Waals surface area contributed by atoms with Crippen LogP contribution in [0.15, 0.2) is 18.2 Å². The molecule has 0 aliphatic carbocycles. The van der Waals surface area contributed by atoms with Gasteiger partial charge in [0.25, 0.3) is 0 Å². The lowest BCUT2D eigenvalue weighted by atomic mass is 9.92. The molecule has 1 saturated heterocycles. The molecule has 0 spiro atoms. The van der Waals surface area contributed by atoms with Gasteiger partial charge >= 0.3 is 0 Å². The predicted molar refractivity (Wildman–Crippen MR) is 86.9 cm³/mol. The van der Waals surface area contributed by atoms with Crippen molar-refractivity contribution in [1.82, 2.24) is 4.90 Å². The number of hydrogen-bond donors (Lipinski definition) is 1. The summed E-state index contributed by atoms with van der Waals surface area (Å²) < 4.78 is 0. The average molecular weight is 274 g/mol. The number of hydrogen-bond acceptors (Lipinski definition) is 2. The summed E-state index contributed by atoms with van der Waals surface area (Å²) in [5, 5.41) is 0. The maximum absolute atomic E-state index is 6.40. The molecule has 2 heteroatoms. The Balaban J connectivity index is 1.85. The standard InChI is InChI=1S/C18H30N2/c1-4-5-16-8-10-20(11-9-16)13-18(19)17-7-6-14(2)15(3)12-17/h6-7,12,16,18H,4-5,8-11,13,19H2,1-3H3.